The van der Waals surface area contributed by atoms with E-state index in [-0.39, 0.29) is 18.4 Å². The van der Waals surface area contributed by atoms with E-state index in [2.05, 4.69) is 50.2 Å². The van der Waals surface area contributed by atoms with Gasteiger partial charge in [0.15, 0.2) is 5.65 Å². The number of likely N-dealkylation sites (tertiary alicyclic amines) is 1. The Balaban J connectivity index is 1.38. The van der Waals surface area contributed by atoms with Gasteiger partial charge in [0.1, 0.15) is 24.2 Å². The van der Waals surface area contributed by atoms with Crippen LogP contribution in [0.3, 0.4) is 0 Å². The van der Waals surface area contributed by atoms with E-state index in [0.717, 1.165) is 17.7 Å². The lowest BCUT2D eigenvalue weighted by Gasteiger charge is -2.15. The van der Waals surface area contributed by atoms with Crippen molar-refractivity contribution in [2.24, 2.45) is 0 Å². The first-order valence-electron chi connectivity index (χ1n) is 11.6. The number of ether oxygens (including phenoxy) is 2. The van der Waals surface area contributed by atoms with E-state index in [1.54, 1.807) is 25.4 Å². The molecule has 0 spiro atoms. The molecule has 0 unspecified atom stereocenters. The first kappa shape index (κ1) is 22.6. The van der Waals surface area contributed by atoms with E-state index in [9.17, 15) is 5.26 Å². The second-order valence-electron chi connectivity index (χ2n) is 8.65. The predicted octanol–water partition coefficient (Wildman–Crippen LogP) is 3.51. The molecular weight excluding hydrogens is 442 g/mol. The van der Waals surface area contributed by atoms with Crippen molar-refractivity contribution in [2.75, 3.05) is 25.9 Å². The predicted molar refractivity (Wildman–Crippen MR) is 132 cm³/mol. The van der Waals surface area contributed by atoms with Crippen molar-refractivity contribution in [3.63, 3.8) is 0 Å². The summed E-state index contributed by atoms with van der Waals surface area (Å²) >= 11 is 0. The van der Waals surface area contributed by atoms with E-state index in [1.807, 2.05) is 10.6 Å². The number of hydrogen-bond donors (Lipinski definition) is 1. The molecule has 0 bridgehead atoms. The lowest BCUT2D eigenvalue weighted by Crippen LogP contribution is -2.18. The molecule has 1 aromatic carbocycles. The highest BCUT2D eigenvalue weighted by molar-refractivity contribution is 5.88. The SMILES string of the molecule is COc1cc(COc2nc(N)c3cc(C#N)n(Cc4ccc(CN5CCCC5)cc4)c3n2)ccn1. The Bertz CT molecular complexity index is 1370. The molecule has 9 nitrogen and oxygen atoms in total. The number of nitrogens with zero attached hydrogens (tertiary/aromatic N) is 6. The van der Waals surface area contributed by atoms with Gasteiger partial charge in [-0.25, -0.2) is 4.98 Å². The zero-order valence-corrected chi connectivity index (χ0v) is 19.6. The summed E-state index contributed by atoms with van der Waals surface area (Å²) in [7, 11) is 1.56. The molecule has 4 aromatic rings. The summed E-state index contributed by atoms with van der Waals surface area (Å²) in [5.41, 5.74) is 10.5. The van der Waals surface area contributed by atoms with Crippen molar-refractivity contribution < 1.29 is 9.47 Å². The topological polar surface area (TPSA) is 115 Å². The van der Waals surface area contributed by atoms with Crippen LogP contribution in [0.5, 0.6) is 11.9 Å². The summed E-state index contributed by atoms with van der Waals surface area (Å²) < 4.78 is 12.8. The van der Waals surface area contributed by atoms with Crippen LogP contribution in [0, 0.1) is 11.3 Å². The standard InChI is InChI=1S/C26H27N7O2/c1-34-23-12-20(8-9-29-23)17-35-26-30-24(28)22-13-21(14-27)33(25(22)31-26)16-19-6-4-18(5-7-19)15-32-10-2-3-11-32/h4-9,12-13H,2-3,10-11,15-17H2,1H3,(H2,28,30,31). The average Bonchev–Trinajstić information content (AvgIpc) is 3.52. The van der Waals surface area contributed by atoms with Gasteiger partial charge >= 0.3 is 6.01 Å². The summed E-state index contributed by atoms with van der Waals surface area (Å²) in [4.78, 5) is 15.4. The Morgan fingerprint density at radius 3 is 2.46 bits per heavy atom. The molecule has 0 saturated carbocycles. The van der Waals surface area contributed by atoms with E-state index >= 15 is 0 Å². The van der Waals surface area contributed by atoms with Crippen LogP contribution in [-0.4, -0.2) is 44.6 Å². The molecule has 0 aliphatic carbocycles. The van der Waals surface area contributed by atoms with Crippen molar-refractivity contribution in [1.29, 1.82) is 5.26 Å². The molecule has 35 heavy (non-hydrogen) atoms. The minimum absolute atomic E-state index is 0.149. The number of rotatable bonds is 8. The Morgan fingerprint density at radius 1 is 1.00 bits per heavy atom. The third-order valence-electron chi connectivity index (χ3n) is 6.22. The number of pyridine rings is 1. The fraction of sp³-hybridized carbons (Fsp3) is 0.308. The molecular formula is C26H27N7O2. The zero-order chi connectivity index (χ0) is 24.2. The fourth-order valence-electron chi connectivity index (χ4n) is 4.38. The fourth-order valence-corrected chi connectivity index (χ4v) is 4.38. The van der Waals surface area contributed by atoms with Gasteiger partial charge in [-0.15, -0.1) is 0 Å². The molecule has 3 aromatic heterocycles. The lowest BCUT2D eigenvalue weighted by atomic mass is 10.1. The Kier molecular flexibility index (Phi) is 6.46. The number of hydrogen-bond acceptors (Lipinski definition) is 8. The van der Waals surface area contributed by atoms with Crippen LogP contribution >= 0.6 is 0 Å². The summed E-state index contributed by atoms with van der Waals surface area (Å²) in [6.07, 6.45) is 4.21. The number of aromatic nitrogens is 4. The number of methoxy groups -OCH3 is 1. The number of benzene rings is 1. The minimum atomic E-state index is 0.149. The van der Waals surface area contributed by atoms with E-state index in [0.29, 0.717) is 29.2 Å². The number of nitrogens with two attached hydrogens (primary N) is 1. The van der Waals surface area contributed by atoms with Crippen molar-refractivity contribution in [3.05, 3.63) is 71.0 Å². The molecule has 1 fully saturated rings. The first-order valence-corrected chi connectivity index (χ1v) is 11.6. The van der Waals surface area contributed by atoms with Gasteiger partial charge in [0.25, 0.3) is 0 Å². The third kappa shape index (κ3) is 5.03. The molecule has 9 heteroatoms. The number of anilines is 1. The summed E-state index contributed by atoms with van der Waals surface area (Å²) in [5.74, 6) is 0.773. The van der Waals surface area contributed by atoms with Crippen LogP contribution < -0.4 is 15.2 Å². The Hall–Kier alpha value is -4.16. The van der Waals surface area contributed by atoms with Gasteiger partial charge in [-0.1, -0.05) is 24.3 Å². The summed E-state index contributed by atoms with van der Waals surface area (Å²) in [5, 5.41) is 10.4. The molecule has 0 radical (unpaired) electrons. The third-order valence-corrected chi connectivity index (χ3v) is 6.22. The molecule has 1 aliphatic rings. The molecule has 1 aliphatic heterocycles. The highest BCUT2D eigenvalue weighted by atomic mass is 16.5. The monoisotopic (exact) mass is 469 g/mol. The molecule has 0 amide bonds. The normalized spacial score (nSPS) is 13.7. The smallest absolute Gasteiger partial charge is 0.320 e. The van der Waals surface area contributed by atoms with Crippen molar-refractivity contribution in [3.8, 4) is 18.0 Å². The number of fused-ring (bicyclic) bond motifs is 1. The minimum Gasteiger partial charge on any atom is -0.481 e. The molecule has 2 N–H and O–H groups in total. The number of nitriles is 1. The molecule has 178 valence electrons. The Morgan fingerprint density at radius 2 is 1.74 bits per heavy atom. The van der Waals surface area contributed by atoms with E-state index < -0.39 is 0 Å². The highest BCUT2D eigenvalue weighted by Crippen LogP contribution is 2.26. The largest absolute Gasteiger partial charge is 0.481 e. The number of nitrogen functional groups attached to an aromatic ring is 1. The second kappa shape index (κ2) is 9.99. The van der Waals surface area contributed by atoms with Gasteiger partial charge in [-0.3, -0.25) is 4.90 Å². The average molecular weight is 470 g/mol. The maximum Gasteiger partial charge on any atom is 0.320 e. The highest BCUT2D eigenvalue weighted by Gasteiger charge is 2.17. The maximum atomic E-state index is 9.75. The quantitative estimate of drug-likeness (QED) is 0.417. The van der Waals surface area contributed by atoms with Gasteiger partial charge in [-0.2, -0.15) is 15.2 Å². The van der Waals surface area contributed by atoms with E-state index in [1.165, 1.54) is 31.5 Å². The summed E-state index contributed by atoms with van der Waals surface area (Å²) in [6.45, 7) is 4.04. The van der Waals surface area contributed by atoms with Crippen molar-refractivity contribution >= 4 is 16.9 Å². The summed E-state index contributed by atoms with van der Waals surface area (Å²) in [6, 6.07) is 16.3. The van der Waals surface area contributed by atoms with Gasteiger partial charge in [0.2, 0.25) is 5.88 Å². The van der Waals surface area contributed by atoms with Crippen LogP contribution in [0.4, 0.5) is 5.82 Å². The zero-order valence-electron chi connectivity index (χ0n) is 19.6. The Labute approximate surface area is 203 Å². The van der Waals surface area contributed by atoms with Gasteiger partial charge in [0.05, 0.1) is 19.0 Å². The van der Waals surface area contributed by atoms with Crippen LogP contribution in [0.2, 0.25) is 0 Å². The molecule has 1 saturated heterocycles. The van der Waals surface area contributed by atoms with Gasteiger partial charge in [-0.05, 0) is 54.8 Å². The van der Waals surface area contributed by atoms with Crippen molar-refractivity contribution in [2.45, 2.75) is 32.5 Å². The molecule has 4 heterocycles. The van der Waals surface area contributed by atoms with Crippen molar-refractivity contribution in [1.82, 2.24) is 24.4 Å². The van der Waals surface area contributed by atoms with Gasteiger partial charge < -0.3 is 19.8 Å². The second-order valence-corrected chi connectivity index (χ2v) is 8.65. The van der Waals surface area contributed by atoms with Crippen LogP contribution in [-0.2, 0) is 19.7 Å². The first-order chi connectivity index (χ1) is 17.1. The van der Waals surface area contributed by atoms with E-state index in [4.69, 9.17) is 15.2 Å². The van der Waals surface area contributed by atoms with Crippen LogP contribution in [0.1, 0.15) is 35.2 Å². The molecule has 0 atom stereocenters. The van der Waals surface area contributed by atoms with Crippen LogP contribution in [0.15, 0.2) is 48.7 Å². The molecule has 5 rings (SSSR count). The van der Waals surface area contributed by atoms with Gasteiger partial charge in [0, 0.05) is 18.8 Å². The maximum absolute atomic E-state index is 9.75. The lowest BCUT2D eigenvalue weighted by molar-refractivity contribution is 0.281. The van der Waals surface area contributed by atoms with Crippen LogP contribution in [0.25, 0.3) is 11.0 Å².